The summed E-state index contributed by atoms with van der Waals surface area (Å²) >= 11 is 3.48. The molecule has 22 heavy (non-hydrogen) atoms. The van der Waals surface area contributed by atoms with Crippen LogP contribution >= 0.6 is 15.9 Å². The Morgan fingerprint density at radius 2 is 1.95 bits per heavy atom. The molecule has 5 heteroatoms. The van der Waals surface area contributed by atoms with Crippen LogP contribution in [0, 0.1) is 0 Å². The van der Waals surface area contributed by atoms with E-state index in [-0.39, 0.29) is 6.03 Å². The minimum atomic E-state index is -0.118. The van der Waals surface area contributed by atoms with Crippen LogP contribution in [0.5, 0.6) is 5.75 Å². The molecule has 0 aliphatic rings. The van der Waals surface area contributed by atoms with Crippen molar-refractivity contribution in [3.8, 4) is 5.75 Å². The van der Waals surface area contributed by atoms with Crippen LogP contribution in [0.4, 0.5) is 10.5 Å². The van der Waals surface area contributed by atoms with Crippen molar-refractivity contribution < 1.29 is 9.53 Å². The van der Waals surface area contributed by atoms with Gasteiger partial charge in [0.2, 0.25) is 0 Å². The Hall–Kier alpha value is -2.27. The number of carbonyl (C=O) groups excluding carboxylic acids is 1. The number of hydrogen-bond donors (Lipinski definition) is 0. The fraction of sp³-hybridized carbons (Fsp3) is 0.118. The van der Waals surface area contributed by atoms with Gasteiger partial charge in [-0.3, -0.25) is 9.47 Å². The number of amides is 1. The predicted octanol–water partition coefficient (Wildman–Crippen LogP) is 4.52. The van der Waals surface area contributed by atoms with E-state index in [2.05, 4.69) is 15.9 Å². The molecule has 0 spiro atoms. The second-order valence-corrected chi connectivity index (χ2v) is 5.76. The topological polar surface area (TPSA) is 34.5 Å². The Morgan fingerprint density at radius 1 is 1.18 bits per heavy atom. The van der Waals surface area contributed by atoms with Gasteiger partial charge >= 0.3 is 6.03 Å². The van der Waals surface area contributed by atoms with Crippen LogP contribution in [0.15, 0.2) is 59.2 Å². The summed E-state index contributed by atoms with van der Waals surface area (Å²) < 4.78 is 7.73. The highest BCUT2D eigenvalue weighted by Crippen LogP contribution is 2.27. The van der Waals surface area contributed by atoms with E-state index in [1.807, 2.05) is 48.5 Å². The number of ether oxygens (including phenoxy) is 1. The number of benzene rings is 2. The van der Waals surface area contributed by atoms with Gasteiger partial charge in [-0.1, -0.05) is 12.1 Å². The average Bonchev–Trinajstić information content (AvgIpc) is 2.96. The van der Waals surface area contributed by atoms with Crippen LogP contribution in [0.1, 0.15) is 0 Å². The molecule has 0 bridgehead atoms. The zero-order valence-corrected chi connectivity index (χ0v) is 13.9. The van der Waals surface area contributed by atoms with Crippen molar-refractivity contribution in [2.24, 2.45) is 0 Å². The average molecular weight is 359 g/mol. The quantitative estimate of drug-likeness (QED) is 0.674. The number of carbonyl (C=O) groups is 1. The summed E-state index contributed by atoms with van der Waals surface area (Å²) in [6.07, 6.45) is 1.78. The van der Waals surface area contributed by atoms with E-state index in [9.17, 15) is 4.79 Å². The van der Waals surface area contributed by atoms with E-state index in [0.29, 0.717) is 0 Å². The predicted molar refractivity (Wildman–Crippen MR) is 91.8 cm³/mol. The third kappa shape index (κ3) is 2.48. The first-order chi connectivity index (χ1) is 10.6. The maximum atomic E-state index is 12.8. The Labute approximate surface area is 137 Å². The number of nitrogens with zero attached hydrogens (tertiary/aromatic N) is 2. The van der Waals surface area contributed by atoms with Crippen LogP contribution in [0.3, 0.4) is 0 Å². The van der Waals surface area contributed by atoms with Crippen molar-refractivity contribution in [2.75, 3.05) is 19.1 Å². The number of hydrogen-bond acceptors (Lipinski definition) is 2. The third-order valence-corrected chi connectivity index (χ3v) is 4.27. The van der Waals surface area contributed by atoms with Crippen LogP contribution in [0.2, 0.25) is 0 Å². The lowest BCUT2D eigenvalue weighted by atomic mass is 10.2. The van der Waals surface area contributed by atoms with Gasteiger partial charge in [0.25, 0.3) is 0 Å². The van der Waals surface area contributed by atoms with Crippen LogP contribution in [0.25, 0.3) is 10.9 Å². The molecule has 0 aliphatic heterocycles. The number of methoxy groups -OCH3 is 1. The van der Waals surface area contributed by atoms with Gasteiger partial charge in [-0.05, 0) is 52.3 Å². The third-order valence-electron chi connectivity index (χ3n) is 3.60. The summed E-state index contributed by atoms with van der Waals surface area (Å²) in [6.45, 7) is 0. The highest BCUT2D eigenvalue weighted by molar-refractivity contribution is 9.10. The van der Waals surface area contributed by atoms with Crippen molar-refractivity contribution in [1.82, 2.24) is 4.57 Å². The van der Waals surface area contributed by atoms with E-state index in [1.54, 1.807) is 29.8 Å². The second kappa shape index (κ2) is 5.85. The molecular formula is C17H15BrN2O2. The first-order valence-corrected chi connectivity index (χ1v) is 7.59. The normalized spacial score (nSPS) is 10.7. The maximum Gasteiger partial charge on any atom is 0.332 e. The SMILES string of the molecule is COc1ccc2c(ccn2C(=O)N(C)c2ccccc2Br)c1. The summed E-state index contributed by atoms with van der Waals surface area (Å²) in [4.78, 5) is 14.4. The Kier molecular flexibility index (Phi) is 3.90. The second-order valence-electron chi connectivity index (χ2n) is 4.90. The fourth-order valence-corrected chi connectivity index (χ4v) is 2.95. The molecule has 0 fully saturated rings. The van der Waals surface area contributed by atoms with Gasteiger partial charge in [0.15, 0.2) is 0 Å². The van der Waals surface area contributed by atoms with Crippen molar-refractivity contribution in [2.45, 2.75) is 0 Å². The minimum Gasteiger partial charge on any atom is -0.497 e. The number of halogens is 1. The number of fused-ring (bicyclic) bond motifs is 1. The molecule has 0 saturated heterocycles. The van der Waals surface area contributed by atoms with Crippen LogP contribution < -0.4 is 9.64 Å². The first kappa shape index (κ1) is 14.7. The number of aromatic nitrogens is 1. The number of rotatable bonds is 2. The van der Waals surface area contributed by atoms with Gasteiger partial charge in [-0.15, -0.1) is 0 Å². The van der Waals surface area contributed by atoms with E-state index < -0.39 is 0 Å². The zero-order valence-electron chi connectivity index (χ0n) is 12.3. The molecule has 0 unspecified atom stereocenters. The van der Waals surface area contributed by atoms with Gasteiger partial charge in [0.05, 0.1) is 18.3 Å². The first-order valence-electron chi connectivity index (χ1n) is 6.79. The molecule has 4 nitrogen and oxygen atoms in total. The molecule has 1 amide bonds. The van der Waals surface area contributed by atoms with Gasteiger partial charge in [-0.25, -0.2) is 4.79 Å². The smallest absolute Gasteiger partial charge is 0.332 e. The van der Waals surface area contributed by atoms with Crippen molar-refractivity contribution >= 4 is 38.6 Å². The fourth-order valence-electron chi connectivity index (χ4n) is 2.40. The molecule has 3 aromatic rings. The Morgan fingerprint density at radius 3 is 2.68 bits per heavy atom. The van der Waals surface area contributed by atoms with Crippen LogP contribution in [-0.4, -0.2) is 24.8 Å². The number of anilines is 1. The number of para-hydroxylation sites is 1. The lowest BCUT2D eigenvalue weighted by Gasteiger charge is -2.19. The van der Waals surface area contributed by atoms with E-state index in [4.69, 9.17) is 4.74 Å². The van der Waals surface area contributed by atoms with Crippen molar-refractivity contribution in [3.05, 3.63) is 59.2 Å². The lowest BCUT2D eigenvalue weighted by Crippen LogP contribution is -2.30. The van der Waals surface area contributed by atoms with Gasteiger partial charge in [0.1, 0.15) is 5.75 Å². The summed E-state index contributed by atoms with van der Waals surface area (Å²) in [5.41, 5.74) is 1.67. The molecule has 1 aromatic heterocycles. The molecule has 1 heterocycles. The van der Waals surface area contributed by atoms with Crippen LogP contribution in [-0.2, 0) is 0 Å². The van der Waals surface area contributed by atoms with Gasteiger partial charge < -0.3 is 4.74 Å². The highest BCUT2D eigenvalue weighted by atomic mass is 79.9. The monoisotopic (exact) mass is 358 g/mol. The van der Waals surface area contributed by atoms with Gasteiger partial charge in [-0.2, -0.15) is 0 Å². The Bertz CT molecular complexity index is 842. The standard InChI is InChI=1S/C17H15BrN2O2/c1-19(16-6-4-3-5-14(16)18)17(21)20-10-9-12-11-13(22-2)7-8-15(12)20/h3-11H,1-2H3. The zero-order chi connectivity index (χ0) is 15.7. The molecule has 2 aromatic carbocycles. The summed E-state index contributed by atoms with van der Waals surface area (Å²) in [5, 5.41) is 0.966. The molecule has 0 saturated carbocycles. The molecule has 112 valence electrons. The molecule has 0 radical (unpaired) electrons. The summed E-state index contributed by atoms with van der Waals surface area (Å²) in [6, 6.07) is 15.1. The minimum absolute atomic E-state index is 0.118. The van der Waals surface area contributed by atoms with Crippen molar-refractivity contribution in [3.63, 3.8) is 0 Å². The maximum absolute atomic E-state index is 12.8. The molecule has 0 N–H and O–H groups in total. The van der Waals surface area contributed by atoms with Crippen molar-refractivity contribution in [1.29, 1.82) is 0 Å². The summed E-state index contributed by atoms with van der Waals surface area (Å²) in [5.74, 6) is 0.775. The lowest BCUT2D eigenvalue weighted by molar-refractivity contribution is 0.249. The molecule has 0 atom stereocenters. The molecule has 0 aliphatic carbocycles. The van der Waals surface area contributed by atoms with E-state index >= 15 is 0 Å². The molecule has 3 rings (SSSR count). The largest absolute Gasteiger partial charge is 0.497 e. The van der Waals surface area contributed by atoms with Gasteiger partial charge in [0, 0.05) is 23.1 Å². The highest BCUT2D eigenvalue weighted by Gasteiger charge is 2.17. The molecular weight excluding hydrogens is 344 g/mol. The Balaban J connectivity index is 2.00. The van der Waals surface area contributed by atoms with E-state index in [0.717, 1.165) is 26.8 Å². The summed E-state index contributed by atoms with van der Waals surface area (Å²) in [7, 11) is 3.39. The van der Waals surface area contributed by atoms with E-state index in [1.165, 1.54) is 0 Å².